The minimum atomic E-state index is -0.574. The summed E-state index contributed by atoms with van der Waals surface area (Å²) in [6, 6.07) is 0.0592. The number of rotatable bonds is 0. The van der Waals surface area contributed by atoms with Crippen LogP contribution in [0.5, 0.6) is 0 Å². The maximum Gasteiger partial charge on any atom is 0.0635 e. The Bertz CT molecular complexity index is 125. The average Bonchev–Trinajstić information content (AvgIpc) is 1.79. The van der Waals surface area contributed by atoms with E-state index in [0.717, 1.165) is 12.8 Å². The molecule has 0 aromatic heterocycles. The molecule has 1 fully saturated rings. The molecule has 1 rings (SSSR count). The molecule has 5 N–H and O–H groups in total. The van der Waals surface area contributed by atoms with E-state index in [-0.39, 0.29) is 12.1 Å². The second kappa shape index (κ2) is 2.49. The van der Waals surface area contributed by atoms with Gasteiger partial charge in [0, 0.05) is 12.1 Å². The van der Waals surface area contributed by atoms with Crippen LogP contribution in [0, 0.1) is 0 Å². The fourth-order valence-electron chi connectivity index (χ4n) is 1.45. The normalized spacial score (nSPS) is 49.2. The summed E-state index contributed by atoms with van der Waals surface area (Å²) < 4.78 is 0. The van der Waals surface area contributed by atoms with Crippen molar-refractivity contribution in [3.05, 3.63) is 0 Å². The van der Waals surface area contributed by atoms with Crippen LogP contribution in [0.15, 0.2) is 0 Å². The van der Waals surface area contributed by atoms with E-state index in [1.165, 1.54) is 0 Å². The zero-order chi connectivity index (χ0) is 7.78. The predicted octanol–water partition coefficient (Wildman–Crippen LogP) is -0.424. The van der Waals surface area contributed by atoms with E-state index in [2.05, 4.69) is 0 Å². The second-order valence-electron chi connectivity index (χ2n) is 3.57. The molecule has 0 saturated heterocycles. The van der Waals surface area contributed by atoms with Gasteiger partial charge in [-0.3, -0.25) is 0 Å². The van der Waals surface area contributed by atoms with Gasteiger partial charge in [0.05, 0.1) is 5.60 Å². The molecule has 3 nitrogen and oxygen atoms in total. The number of aliphatic hydroxyl groups is 1. The van der Waals surface area contributed by atoms with Crippen LogP contribution in [0.4, 0.5) is 0 Å². The SMILES string of the molecule is CC1(O)CCC(N)C(N)C1. The molecule has 0 heterocycles. The second-order valence-corrected chi connectivity index (χ2v) is 3.57. The Balaban J connectivity index is 2.49. The van der Waals surface area contributed by atoms with Crippen LogP contribution >= 0.6 is 0 Å². The first-order valence-electron chi connectivity index (χ1n) is 3.75. The highest BCUT2D eigenvalue weighted by Gasteiger charge is 2.32. The third-order valence-electron chi connectivity index (χ3n) is 2.24. The largest absolute Gasteiger partial charge is 0.390 e. The lowest BCUT2D eigenvalue weighted by Crippen LogP contribution is -2.51. The molecule has 0 amide bonds. The molecule has 60 valence electrons. The molecule has 1 aliphatic rings. The molecule has 0 aromatic rings. The van der Waals surface area contributed by atoms with Gasteiger partial charge in [-0.1, -0.05) is 0 Å². The summed E-state index contributed by atoms with van der Waals surface area (Å²) in [5, 5.41) is 9.53. The summed E-state index contributed by atoms with van der Waals surface area (Å²) in [6.07, 6.45) is 2.25. The Labute approximate surface area is 61.4 Å². The van der Waals surface area contributed by atoms with E-state index in [0.29, 0.717) is 6.42 Å². The van der Waals surface area contributed by atoms with Crippen LogP contribution in [0.2, 0.25) is 0 Å². The molecule has 0 radical (unpaired) electrons. The molecule has 0 aromatic carbocycles. The Hall–Kier alpha value is -0.120. The van der Waals surface area contributed by atoms with E-state index in [1.54, 1.807) is 0 Å². The van der Waals surface area contributed by atoms with E-state index < -0.39 is 5.60 Å². The number of hydrogen-bond donors (Lipinski definition) is 3. The molecule has 0 bridgehead atoms. The Morgan fingerprint density at radius 2 is 2.00 bits per heavy atom. The van der Waals surface area contributed by atoms with Crippen molar-refractivity contribution < 1.29 is 5.11 Å². The minimum Gasteiger partial charge on any atom is -0.390 e. The lowest BCUT2D eigenvalue weighted by Gasteiger charge is -2.35. The van der Waals surface area contributed by atoms with Crippen LogP contribution < -0.4 is 11.5 Å². The summed E-state index contributed by atoms with van der Waals surface area (Å²) >= 11 is 0. The first-order valence-corrected chi connectivity index (χ1v) is 3.75. The van der Waals surface area contributed by atoms with E-state index in [9.17, 15) is 5.11 Å². The van der Waals surface area contributed by atoms with E-state index >= 15 is 0 Å². The lowest BCUT2D eigenvalue weighted by atomic mass is 9.81. The molecule has 3 unspecified atom stereocenters. The molecule has 3 heteroatoms. The van der Waals surface area contributed by atoms with Crippen molar-refractivity contribution in [2.75, 3.05) is 0 Å². The number of hydrogen-bond acceptors (Lipinski definition) is 3. The molecular formula is C7H16N2O. The molecule has 0 aliphatic heterocycles. The van der Waals surface area contributed by atoms with Gasteiger partial charge in [0.15, 0.2) is 0 Å². The molecule has 3 atom stereocenters. The molecule has 1 aliphatic carbocycles. The van der Waals surface area contributed by atoms with Crippen LogP contribution in [0.25, 0.3) is 0 Å². The molecule has 0 spiro atoms. The van der Waals surface area contributed by atoms with Gasteiger partial charge in [-0.05, 0) is 26.2 Å². The predicted molar refractivity (Wildman–Crippen MR) is 40.4 cm³/mol. The van der Waals surface area contributed by atoms with Crippen LogP contribution in [0.3, 0.4) is 0 Å². The van der Waals surface area contributed by atoms with E-state index in [4.69, 9.17) is 11.5 Å². The monoisotopic (exact) mass is 144 g/mol. The van der Waals surface area contributed by atoms with Crippen molar-refractivity contribution >= 4 is 0 Å². The zero-order valence-electron chi connectivity index (χ0n) is 6.38. The summed E-state index contributed by atoms with van der Waals surface area (Å²) in [5.74, 6) is 0. The maximum absolute atomic E-state index is 9.53. The maximum atomic E-state index is 9.53. The standard InChI is InChI=1S/C7H16N2O/c1-7(10)3-2-5(8)6(9)4-7/h5-6,10H,2-4,8-9H2,1H3. The quantitative estimate of drug-likeness (QED) is 0.432. The van der Waals surface area contributed by atoms with Crippen LogP contribution in [-0.4, -0.2) is 22.8 Å². The van der Waals surface area contributed by atoms with Gasteiger partial charge in [0.1, 0.15) is 0 Å². The molecular weight excluding hydrogens is 128 g/mol. The van der Waals surface area contributed by atoms with Crippen molar-refractivity contribution in [2.24, 2.45) is 11.5 Å². The average molecular weight is 144 g/mol. The summed E-state index contributed by atoms with van der Waals surface area (Å²) in [7, 11) is 0. The van der Waals surface area contributed by atoms with Gasteiger partial charge in [-0.15, -0.1) is 0 Å². The Kier molecular flexibility index (Phi) is 1.99. The fourth-order valence-corrected chi connectivity index (χ4v) is 1.45. The summed E-state index contributed by atoms with van der Waals surface area (Å²) in [6.45, 7) is 1.82. The topological polar surface area (TPSA) is 72.3 Å². The van der Waals surface area contributed by atoms with Crippen molar-refractivity contribution in [3.8, 4) is 0 Å². The van der Waals surface area contributed by atoms with Gasteiger partial charge in [-0.25, -0.2) is 0 Å². The van der Waals surface area contributed by atoms with Crippen LogP contribution in [-0.2, 0) is 0 Å². The summed E-state index contributed by atoms with van der Waals surface area (Å²) in [4.78, 5) is 0. The van der Waals surface area contributed by atoms with Gasteiger partial charge in [0.25, 0.3) is 0 Å². The van der Waals surface area contributed by atoms with Gasteiger partial charge in [0.2, 0.25) is 0 Å². The lowest BCUT2D eigenvalue weighted by molar-refractivity contribution is 0.0103. The molecule has 1 saturated carbocycles. The fraction of sp³-hybridized carbons (Fsp3) is 1.00. The van der Waals surface area contributed by atoms with Gasteiger partial charge < -0.3 is 16.6 Å². The van der Waals surface area contributed by atoms with Crippen molar-refractivity contribution in [1.29, 1.82) is 0 Å². The highest BCUT2D eigenvalue weighted by molar-refractivity contribution is 4.91. The third kappa shape index (κ3) is 1.68. The minimum absolute atomic E-state index is 0.0243. The highest BCUT2D eigenvalue weighted by Crippen LogP contribution is 2.25. The number of nitrogens with two attached hydrogens (primary N) is 2. The third-order valence-corrected chi connectivity index (χ3v) is 2.24. The Morgan fingerprint density at radius 1 is 1.40 bits per heavy atom. The van der Waals surface area contributed by atoms with Crippen molar-refractivity contribution in [1.82, 2.24) is 0 Å². The van der Waals surface area contributed by atoms with Crippen LogP contribution in [0.1, 0.15) is 26.2 Å². The van der Waals surface area contributed by atoms with Gasteiger partial charge >= 0.3 is 0 Å². The van der Waals surface area contributed by atoms with Crippen molar-refractivity contribution in [3.63, 3.8) is 0 Å². The molecule has 10 heavy (non-hydrogen) atoms. The first kappa shape index (κ1) is 7.98. The van der Waals surface area contributed by atoms with E-state index in [1.807, 2.05) is 6.92 Å². The first-order chi connectivity index (χ1) is 4.51. The highest BCUT2D eigenvalue weighted by atomic mass is 16.3. The smallest absolute Gasteiger partial charge is 0.0635 e. The van der Waals surface area contributed by atoms with Crippen molar-refractivity contribution in [2.45, 2.75) is 43.9 Å². The van der Waals surface area contributed by atoms with Gasteiger partial charge in [-0.2, -0.15) is 0 Å². The summed E-state index contributed by atoms with van der Waals surface area (Å²) in [5.41, 5.74) is 10.8. The Morgan fingerprint density at radius 3 is 2.40 bits per heavy atom. The zero-order valence-corrected chi connectivity index (χ0v) is 6.38.